The molecule has 1 amide bonds. The summed E-state index contributed by atoms with van der Waals surface area (Å²) in [5.74, 6) is 2.99. The smallest absolute Gasteiger partial charge is 0.225 e. The first-order valence-corrected chi connectivity index (χ1v) is 21.0. The minimum Gasteiger partial charge on any atom is -0.457 e. The van der Waals surface area contributed by atoms with E-state index in [2.05, 4.69) is 90.3 Å². The van der Waals surface area contributed by atoms with E-state index in [4.69, 9.17) is 9.16 Å². The number of nitrogens with one attached hydrogen (secondary N) is 1. The van der Waals surface area contributed by atoms with Crippen molar-refractivity contribution < 1.29 is 14.0 Å². The SMILES string of the molecule is C[Si](C)OC(CC(CCCc1ccc(C(C)(C)C)c(NC(=O)CC2c3ccccc3Oc3ccccc32)c1)C(C)(C)C)C1CCCCC1. The molecule has 1 radical (unpaired) electrons. The Hall–Kier alpha value is -2.89. The first-order chi connectivity index (χ1) is 22.8. The first-order valence-electron chi connectivity index (χ1n) is 18.6. The summed E-state index contributed by atoms with van der Waals surface area (Å²) in [6.45, 7) is 18.5. The molecule has 0 spiro atoms. The Morgan fingerprint density at radius 2 is 1.52 bits per heavy atom. The zero-order chi connectivity index (χ0) is 34.5. The lowest BCUT2D eigenvalue weighted by molar-refractivity contribution is -0.116. The Kier molecular flexibility index (Phi) is 12.0. The number of aryl methyl sites for hydroxylation is 1. The summed E-state index contributed by atoms with van der Waals surface area (Å²) in [5, 5.41) is 3.38. The summed E-state index contributed by atoms with van der Waals surface area (Å²) in [6.07, 6.45) is 12.0. The van der Waals surface area contributed by atoms with Crippen LogP contribution in [-0.2, 0) is 21.1 Å². The second kappa shape index (κ2) is 15.8. The Morgan fingerprint density at radius 3 is 2.10 bits per heavy atom. The largest absolute Gasteiger partial charge is 0.457 e. The topological polar surface area (TPSA) is 47.6 Å². The molecule has 48 heavy (non-hydrogen) atoms. The Morgan fingerprint density at radius 1 is 0.896 bits per heavy atom. The van der Waals surface area contributed by atoms with E-state index in [1.54, 1.807) is 0 Å². The maximum atomic E-state index is 13.9. The van der Waals surface area contributed by atoms with Crippen LogP contribution in [0.4, 0.5) is 5.69 Å². The average molecular weight is 667 g/mol. The van der Waals surface area contributed by atoms with Crippen molar-refractivity contribution in [2.45, 2.75) is 136 Å². The van der Waals surface area contributed by atoms with E-state index in [9.17, 15) is 4.79 Å². The number of carbonyl (C=O) groups excluding carboxylic acids is 1. The fourth-order valence-corrected chi connectivity index (χ4v) is 8.90. The van der Waals surface area contributed by atoms with Crippen molar-refractivity contribution in [2.75, 3.05) is 5.32 Å². The molecule has 1 aliphatic carbocycles. The van der Waals surface area contributed by atoms with Crippen molar-refractivity contribution in [3.63, 3.8) is 0 Å². The molecule has 0 aromatic heterocycles. The van der Waals surface area contributed by atoms with E-state index in [1.807, 2.05) is 36.4 Å². The highest BCUT2D eigenvalue weighted by Crippen LogP contribution is 2.46. The molecule has 2 atom stereocenters. The number of carbonyl (C=O) groups is 1. The third kappa shape index (κ3) is 9.41. The van der Waals surface area contributed by atoms with E-state index in [-0.39, 0.29) is 22.7 Å². The van der Waals surface area contributed by atoms with Gasteiger partial charge in [0.15, 0.2) is 0 Å². The zero-order valence-corrected chi connectivity index (χ0v) is 32.0. The summed E-state index contributed by atoms with van der Waals surface area (Å²) >= 11 is 0. The van der Waals surface area contributed by atoms with Gasteiger partial charge in [0.25, 0.3) is 0 Å². The lowest BCUT2D eigenvalue weighted by atomic mass is 9.72. The van der Waals surface area contributed by atoms with Gasteiger partial charge in [-0.1, -0.05) is 109 Å². The van der Waals surface area contributed by atoms with Crippen molar-refractivity contribution in [3.8, 4) is 11.5 Å². The van der Waals surface area contributed by atoms with Crippen LogP contribution in [0, 0.1) is 17.3 Å². The summed E-state index contributed by atoms with van der Waals surface area (Å²) in [6, 6.07) is 23.0. The number of hydrogen-bond acceptors (Lipinski definition) is 3. The highest BCUT2D eigenvalue weighted by molar-refractivity contribution is 6.48. The van der Waals surface area contributed by atoms with Crippen LogP contribution in [0.25, 0.3) is 0 Å². The van der Waals surface area contributed by atoms with Crippen LogP contribution in [0.1, 0.15) is 128 Å². The van der Waals surface area contributed by atoms with Crippen molar-refractivity contribution in [3.05, 3.63) is 89.0 Å². The Bertz CT molecular complexity index is 1470. The number of fused-ring (bicyclic) bond motifs is 2. The van der Waals surface area contributed by atoms with Gasteiger partial charge < -0.3 is 14.5 Å². The van der Waals surface area contributed by atoms with Crippen LogP contribution in [0.15, 0.2) is 66.7 Å². The number of hydrogen-bond donors (Lipinski definition) is 1. The van der Waals surface area contributed by atoms with Gasteiger partial charge in [0.1, 0.15) is 11.5 Å². The second-order valence-corrected chi connectivity index (χ2v) is 18.8. The standard InChI is InChI=1S/C43H60NO3Si/c1-42(2,3)32(28-40(47-48(7)8)31-18-10-9-11-19-31)20-16-17-30-25-26-36(43(4,5)6)37(27-30)44-41(45)29-35-33-21-12-14-23-38(33)46-39-24-15-13-22-34(35)39/h12-15,21-27,31-32,35,40H,9-11,16-20,28-29H2,1-8H3,(H,44,45). The van der Waals surface area contributed by atoms with Gasteiger partial charge in [-0.05, 0) is 104 Å². The van der Waals surface area contributed by atoms with Gasteiger partial charge in [-0.3, -0.25) is 4.79 Å². The van der Waals surface area contributed by atoms with Gasteiger partial charge in [0.2, 0.25) is 14.9 Å². The van der Waals surface area contributed by atoms with Crippen molar-refractivity contribution in [1.82, 2.24) is 0 Å². The molecule has 4 nitrogen and oxygen atoms in total. The number of anilines is 1. The van der Waals surface area contributed by atoms with Crippen LogP contribution in [0.3, 0.4) is 0 Å². The molecule has 259 valence electrons. The van der Waals surface area contributed by atoms with Gasteiger partial charge in [-0.2, -0.15) is 0 Å². The lowest BCUT2D eigenvalue weighted by Gasteiger charge is -2.38. The monoisotopic (exact) mass is 666 g/mol. The van der Waals surface area contributed by atoms with Gasteiger partial charge in [0, 0.05) is 35.3 Å². The van der Waals surface area contributed by atoms with Crippen LogP contribution in [0.2, 0.25) is 13.1 Å². The molecule has 2 aliphatic rings. The van der Waals surface area contributed by atoms with Crippen LogP contribution < -0.4 is 10.1 Å². The van der Waals surface area contributed by atoms with Crippen molar-refractivity contribution >= 4 is 20.6 Å². The first kappa shape index (κ1) is 36.4. The molecule has 5 heteroatoms. The molecule has 0 saturated heterocycles. The average Bonchev–Trinajstić information content (AvgIpc) is 3.03. The predicted molar refractivity (Wildman–Crippen MR) is 203 cm³/mol. The molecule has 1 heterocycles. The third-order valence-corrected chi connectivity index (χ3v) is 11.5. The number of rotatable bonds is 12. The van der Waals surface area contributed by atoms with Gasteiger partial charge in [-0.25, -0.2) is 0 Å². The normalized spacial score (nSPS) is 16.9. The Balaban J connectivity index is 1.29. The summed E-state index contributed by atoms with van der Waals surface area (Å²) in [7, 11) is -0.744. The molecule has 5 rings (SSSR count). The molecule has 1 N–H and O–H groups in total. The molecular weight excluding hydrogens is 607 g/mol. The highest BCUT2D eigenvalue weighted by atomic mass is 28.3. The number of benzene rings is 3. The molecule has 3 aromatic rings. The van der Waals surface area contributed by atoms with Crippen LogP contribution >= 0.6 is 0 Å². The van der Waals surface area contributed by atoms with Crippen LogP contribution in [0.5, 0.6) is 11.5 Å². The van der Waals surface area contributed by atoms with Crippen molar-refractivity contribution in [2.24, 2.45) is 17.3 Å². The van der Waals surface area contributed by atoms with Crippen molar-refractivity contribution in [1.29, 1.82) is 0 Å². The van der Waals surface area contributed by atoms with Crippen LogP contribution in [-0.4, -0.2) is 21.1 Å². The molecule has 1 saturated carbocycles. The molecule has 0 bridgehead atoms. The second-order valence-electron chi connectivity index (χ2n) is 16.8. The molecule has 1 fully saturated rings. The molecular formula is C43H60NO3Si. The predicted octanol–water partition coefficient (Wildman–Crippen LogP) is 11.8. The van der Waals surface area contributed by atoms with E-state index in [1.165, 1.54) is 56.1 Å². The number of amides is 1. The summed E-state index contributed by atoms with van der Waals surface area (Å²) in [5.41, 5.74) is 5.68. The van der Waals surface area contributed by atoms with Gasteiger partial charge >= 0.3 is 0 Å². The third-order valence-electron chi connectivity index (χ3n) is 10.7. The quantitative estimate of drug-likeness (QED) is 0.196. The minimum absolute atomic E-state index is 0.0310. The number of para-hydroxylation sites is 2. The van der Waals surface area contributed by atoms with E-state index in [0.29, 0.717) is 18.4 Å². The highest BCUT2D eigenvalue weighted by Gasteiger charge is 2.33. The fourth-order valence-electron chi connectivity index (χ4n) is 8.00. The molecule has 3 aromatic carbocycles. The zero-order valence-electron chi connectivity index (χ0n) is 31.0. The lowest BCUT2D eigenvalue weighted by Crippen LogP contribution is -2.35. The minimum atomic E-state index is -0.744. The maximum absolute atomic E-state index is 13.9. The van der Waals surface area contributed by atoms with E-state index >= 15 is 0 Å². The summed E-state index contributed by atoms with van der Waals surface area (Å²) in [4.78, 5) is 13.9. The van der Waals surface area contributed by atoms with Gasteiger partial charge in [0.05, 0.1) is 0 Å². The molecule has 1 aliphatic heterocycles. The fraction of sp³-hybridized carbons (Fsp3) is 0.558. The van der Waals surface area contributed by atoms with E-state index in [0.717, 1.165) is 47.1 Å². The van der Waals surface area contributed by atoms with Gasteiger partial charge in [-0.15, -0.1) is 0 Å². The maximum Gasteiger partial charge on any atom is 0.225 e. The van der Waals surface area contributed by atoms with E-state index < -0.39 is 9.04 Å². The summed E-state index contributed by atoms with van der Waals surface area (Å²) < 4.78 is 12.9. The molecule has 2 unspecified atom stereocenters. The number of ether oxygens (including phenoxy) is 1. The Labute approximate surface area is 293 Å².